The van der Waals surface area contributed by atoms with Gasteiger partial charge in [0, 0.05) is 44.4 Å². The van der Waals surface area contributed by atoms with Crippen molar-refractivity contribution in [3.63, 3.8) is 0 Å². The molecule has 1 aromatic heterocycles. The number of rotatable bonds is 8. The number of likely N-dealkylation sites (N-methyl/N-ethyl adjacent to an activating group) is 1. The van der Waals surface area contributed by atoms with Crippen LogP contribution >= 0.6 is 0 Å². The summed E-state index contributed by atoms with van der Waals surface area (Å²) >= 11 is 0. The predicted molar refractivity (Wildman–Crippen MR) is 133 cm³/mol. The van der Waals surface area contributed by atoms with Crippen LogP contribution in [0.1, 0.15) is 49.0 Å². The van der Waals surface area contributed by atoms with Gasteiger partial charge in [-0.25, -0.2) is 4.98 Å². The Labute approximate surface area is 211 Å². The molecule has 1 saturated heterocycles. The topological polar surface area (TPSA) is 92.3 Å². The third kappa shape index (κ3) is 4.50. The smallest absolute Gasteiger partial charge is 0.268 e. The molecule has 0 radical (unpaired) electrons. The van der Waals surface area contributed by atoms with Crippen LogP contribution in [0.5, 0.6) is 11.6 Å². The van der Waals surface area contributed by atoms with Gasteiger partial charge in [-0.1, -0.05) is 6.07 Å². The number of nitrogens with zero attached hydrogens (tertiary/aromatic N) is 4. The number of benzene rings is 1. The molecule has 1 atom stereocenters. The monoisotopic (exact) mass is 492 g/mol. The van der Waals surface area contributed by atoms with Crippen molar-refractivity contribution in [3.05, 3.63) is 47.7 Å². The van der Waals surface area contributed by atoms with Crippen LogP contribution in [0.2, 0.25) is 0 Å². The first-order chi connectivity index (χ1) is 17.1. The molecular formula is C27H32N4O5. The van der Waals surface area contributed by atoms with E-state index in [4.69, 9.17) is 9.47 Å². The molecular weight excluding hydrogens is 460 g/mol. The van der Waals surface area contributed by atoms with E-state index in [0.29, 0.717) is 48.4 Å². The van der Waals surface area contributed by atoms with Gasteiger partial charge < -0.3 is 24.2 Å². The molecule has 9 nitrogen and oxygen atoms in total. The highest BCUT2D eigenvalue weighted by Crippen LogP contribution is 2.40. The van der Waals surface area contributed by atoms with Gasteiger partial charge in [0.25, 0.3) is 11.8 Å². The standard InChI is InChI=1S/C27H32N4O5/c1-27(2)21-9-7-18(13-20(21)25(33)31(27)15-24(32)29(3)4)30-12-11-22(26(30)34)36-19-8-10-23(28-14-19)35-16-17-5-6-17/h7-10,13-14,17,22H,5-6,11-12,15-16H2,1-4H3/t22-/m1/s1. The Hall–Kier alpha value is -3.62. The van der Waals surface area contributed by atoms with E-state index in [1.54, 1.807) is 48.3 Å². The fourth-order valence-corrected chi connectivity index (χ4v) is 4.69. The minimum absolute atomic E-state index is 0.000146. The highest BCUT2D eigenvalue weighted by molar-refractivity contribution is 6.04. The summed E-state index contributed by atoms with van der Waals surface area (Å²) in [6.07, 6.45) is 3.91. The number of anilines is 1. The summed E-state index contributed by atoms with van der Waals surface area (Å²) in [5.74, 6) is 1.21. The Morgan fingerprint density at radius 1 is 1.14 bits per heavy atom. The molecule has 3 aliphatic rings. The van der Waals surface area contributed by atoms with Crippen LogP contribution in [0, 0.1) is 5.92 Å². The second-order valence-corrected chi connectivity index (χ2v) is 10.4. The van der Waals surface area contributed by atoms with Crippen LogP contribution in [0.3, 0.4) is 0 Å². The van der Waals surface area contributed by atoms with Crippen LogP contribution in [-0.4, -0.2) is 72.4 Å². The average Bonchev–Trinajstić information content (AvgIpc) is 3.59. The van der Waals surface area contributed by atoms with E-state index >= 15 is 0 Å². The zero-order valence-corrected chi connectivity index (χ0v) is 21.2. The van der Waals surface area contributed by atoms with Gasteiger partial charge in [0.05, 0.1) is 18.3 Å². The lowest BCUT2D eigenvalue weighted by Gasteiger charge is -2.32. The molecule has 3 amide bonds. The van der Waals surface area contributed by atoms with Crippen molar-refractivity contribution in [1.29, 1.82) is 0 Å². The van der Waals surface area contributed by atoms with Gasteiger partial charge in [-0.2, -0.15) is 0 Å². The second kappa shape index (κ2) is 9.11. The maximum Gasteiger partial charge on any atom is 0.268 e. The summed E-state index contributed by atoms with van der Waals surface area (Å²) < 4.78 is 11.6. The molecule has 0 spiro atoms. The fraction of sp³-hybridized carbons (Fsp3) is 0.481. The lowest BCUT2D eigenvalue weighted by Crippen LogP contribution is -2.45. The number of hydrogen-bond acceptors (Lipinski definition) is 6. The van der Waals surface area contributed by atoms with Crippen molar-refractivity contribution in [1.82, 2.24) is 14.8 Å². The number of pyridine rings is 1. The Morgan fingerprint density at radius 3 is 2.58 bits per heavy atom. The Kier molecular flexibility index (Phi) is 6.10. The third-order valence-corrected chi connectivity index (χ3v) is 7.22. The largest absolute Gasteiger partial charge is 0.479 e. The van der Waals surface area contributed by atoms with Crippen molar-refractivity contribution in [2.75, 3.05) is 38.7 Å². The van der Waals surface area contributed by atoms with E-state index in [2.05, 4.69) is 4.98 Å². The number of aromatic nitrogens is 1. The number of amides is 3. The summed E-state index contributed by atoms with van der Waals surface area (Å²) in [4.78, 5) is 47.7. The molecule has 1 aliphatic carbocycles. The molecule has 190 valence electrons. The van der Waals surface area contributed by atoms with Gasteiger partial charge in [0.15, 0.2) is 6.10 Å². The molecule has 2 aliphatic heterocycles. The highest BCUT2D eigenvalue weighted by Gasteiger charge is 2.44. The molecule has 0 unspecified atom stereocenters. The maximum absolute atomic E-state index is 13.2. The van der Waals surface area contributed by atoms with Crippen molar-refractivity contribution in [3.8, 4) is 11.6 Å². The number of carbonyl (C=O) groups is 3. The number of fused-ring (bicyclic) bond motifs is 1. The molecule has 1 aromatic carbocycles. The second-order valence-electron chi connectivity index (χ2n) is 10.4. The summed E-state index contributed by atoms with van der Waals surface area (Å²) in [7, 11) is 3.35. The molecule has 5 rings (SSSR count). The minimum Gasteiger partial charge on any atom is -0.479 e. The van der Waals surface area contributed by atoms with E-state index < -0.39 is 11.6 Å². The predicted octanol–water partition coefficient (Wildman–Crippen LogP) is 2.83. The first-order valence-electron chi connectivity index (χ1n) is 12.4. The summed E-state index contributed by atoms with van der Waals surface area (Å²) in [5, 5.41) is 0. The average molecular weight is 493 g/mol. The highest BCUT2D eigenvalue weighted by atomic mass is 16.5. The summed E-state index contributed by atoms with van der Waals surface area (Å²) in [6, 6.07) is 9.03. The van der Waals surface area contributed by atoms with Crippen LogP contribution in [-0.2, 0) is 15.1 Å². The maximum atomic E-state index is 13.2. The van der Waals surface area contributed by atoms with Crippen molar-refractivity contribution >= 4 is 23.4 Å². The number of hydrogen-bond donors (Lipinski definition) is 0. The van der Waals surface area contributed by atoms with Crippen molar-refractivity contribution < 1.29 is 23.9 Å². The number of carbonyl (C=O) groups excluding carboxylic acids is 3. The fourth-order valence-electron chi connectivity index (χ4n) is 4.69. The van der Waals surface area contributed by atoms with E-state index in [1.807, 2.05) is 26.0 Å². The van der Waals surface area contributed by atoms with E-state index in [1.165, 1.54) is 17.7 Å². The Morgan fingerprint density at radius 2 is 1.92 bits per heavy atom. The van der Waals surface area contributed by atoms with Gasteiger partial charge in [-0.05, 0) is 56.4 Å². The summed E-state index contributed by atoms with van der Waals surface area (Å²) in [6.45, 7) is 5.03. The lowest BCUT2D eigenvalue weighted by atomic mass is 9.93. The SMILES string of the molecule is CN(C)C(=O)CN1C(=O)c2cc(N3CC[C@@H](Oc4ccc(OCC5CC5)nc4)C3=O)ccc2C1(C)C. The van der Waals surface area contributed by atoms with Gasteiger partial charge in [0.2, 0.25) is 11.8 Å². The van der Waals surface area contributed by atoms with E-state index in [9.17, 15) is 14.4 Å². The van der Waals surface area contributed by atoms with Gasteiger partial charge in [-0.3, -0.25) is 14.4 Å². The lowest BCUT2D eigenvalue weighted by molar-refractivity contribution is -0.130. The van der Waals surface area contributed by atoms with E-state index in [0.717, 1.165) is 5.56 Å². The van der Waals surface area contributed by atoms with E-state index in [-0.39, 0.29) is 24.3 Å². The zero-order valence-electron chi connectivity index (χ0n) is 21.2. The molecule has 0 bridgehead atoms. The third-order valence-electron chi connectivity index (χ3n) is 7.22. The van der Waals surface area contributed by atoms with Crippen molar-refractivity contribution in [2.45, 2.75) is 44.8 Å². The molecule has 2 fully saturated rings. The van der Waals surface area contributed by atoms with Gasteiger partial charge in [0.1, 0.15) is 12.3 Å². The molecule has 0 N–H and O–H groups in total. The first kappa shape index (κ1) is 24.1. The van der Waals surface area contributed by atoms with Crippen LogP contribution in [0.25, 0.3) is 0 Å². The number of ether oxygens (including phenoxy) is 2. The molecule has 36 heavy (non-hydrogen) atoms. The molecule has 3 heterocycles. The molecule has 2 aromatic rings. The van der Waals surface area contributed by atoms with Crippen LogP contribution in [0.4, 0.5) is 5.69 Å². The minimum atomic E-state index is -0.626. The van der Waals surface area contributed by atoms with Gasteiger partial charge in [-0.15, -0.1) is 0 Å². The Balaban J connectivity index is 1.27. The first-order valence-corrected chi connectivity index (χ1v) is 12.4. The van der Waals surface area contributed by atoms with Crippen LogP contribution in [0.15, 0.2) is 36.5 Å². The van der Waals surface area contributed by atoms with Crippen LogP contribution < -0.4 is 14.4 Å². The van der Waals surface area contributed by atoms with Gasteiger partial charge >= 0.3 is 0 Å². The zero-order chi connectivity index (χ0) is 25.6. The molecule has 1 saturated carbocycles. The quantitative estimate of drug-likeness (QED) is 0.563. The normalized spacial score (nSPS) is 20.5. The summed E-state index contributed by atoms with van der Waals surface area (Å²) in [5.41, 5.74) is 1.39. The molecule has 9 heteroatoms. The Bertz CT molecular complexity index is 1190. The van der Waals surface area contributed by atoms with Crippen molar-refractivity contribution in [2.24, 2.45) is 5.92 Å².